The number of rotatable bonds is 1. The average molecular weight is 257 g/mol. The smallest absolute Gasteiger partial charge is 0.428 e. The number of Topliss-reactive ketones (excluding diaryl/α,β-unsaturated/α-hetero) is 1. The number of piperidine rings is 1. The predicted octanol–water partition coefficient (Wildman–Crippen LogP) is 0.889. The van der Waals surface area contributed by atoms with Gasteiger partial charge in [0.05, 0.1) is 0 Å². The van der Waals surface area contributed by atoms with Crippen LogP contribution in [0.3, 0.4) is 0 Å². The van der Waals surface area contributed by atoms with E-state index in [0.29, 0.717) is 6.54 Å². The lowest BCUT2D eigenvalue weighted by Gasteiger charge is -2.25. The molecule has 0 radical (unpaired) electrons. The van der Waals surface area contributed by atoms with Crippen LogP contribution < -0.4 is 5.32 Å². The molecule has 0 aromatic heterocycles. The fraction of sp³-hybridized carbons (Fsp3) is 0.750. The molecule has 1 heterocycles. The van der Waals surface area contributed by atoms with Gasteiger partial charge in [0.15, 0.2) is 5.78 Å². The third-order valence-electron chi connectivity index (χ3n) is 2.49. The molecule has 6 heteroatoms. The first-order valence-corrected chi connectivity index (χ1v) is 5.90. The van der Waals surface area contributed by atoms with E-state index in [2.05, 4.69) is 10.1 Å². The quantitative estimate of drug-likeness (QED) is 0.555. The lowest BCUT2D eigenvalue weighted by atomic mass is 9.90. The average Bonchev–Trinajstić information content (AvgIpc) is 2.18. The third-order valence-corrected chi connectivity index (χ3v) is 2.49. The van der Waals surface area contributed by atoms with Crippen LogP contribution in [0.4, 0.5) is 4.79 Å². The van der Waals surface area contributed by atoms with Crippen molar-refractivity contribution in [3.05, 3.63) is 0 Å². The zero-order valence-electron chi connectivity index (χ0n) is 11.1. The molecule has 0 bridgehead atoms. The molecule has 0 aliphatic carbocycles. The van der Waals surface area contributed by atoms with Crippen LogP contribution in [0.25, 0.3) is 0 Å². The van der Waals surface area contributed by atoms with Gasteiger partial charge in [-0.25, -0.2) is 4.79 Å². The minimum atomic E-state index is -1.07. The second-order valence-corrected chi connectivity index (χ2v) is 5.40. The van der Waals surface area contributed by atoms with Crippen LogP contribution in [0, 0.1) is 11.8 Å². The van der Waals surface area contributed by atoms with E-state index in [0.717, 1.165) is 0 Å². The highest BCUT2D eigenvalue weighted by Crippen LogP contribution is 2.15. The van der Waals surface area contributed by atoms with Crippen molar-refractivity contribution in [2.45, 2.75) is 33.3 Å². The van der Waals surface area contributed by atoms with E-state index in [-0.39, 0.29) is 18.2 Å². The molecule has 1 saturated heterocycles. The highest BCUT2D eigenvalue weighted by atomic mass is 16.7. The Morgan fingerprint density at radius 2 is 1.89 bits per heavy atom. The van der Waals surface area contributed by atoms with Crippen molar-refractivity contribution in [1.29, 1.82) is 0 Å². The summed E-state index contributed by atoms with van der Waals surface area (Å²) >= 11 is 0. The summed E-state index contributed by atoms with van der Waals surface area (Å²) < 4.78 is 9.37. The van der Waals surface area contributed by atoms with Gasteiger partial charge in [-0.05, 0) is 20.8 Å². The molecule has 1 N–H and O–H groups in total. The van der Waals surface area contributed by atoms with Crippen LogP contribution in [0.1, 0.15) is 27.7 Å². The number of ketones is 1. The van der Waals surface area contributed by atoms with E-state index in [1.165, 1.54) is 0 Å². The second-order valence-electron chi connectivity index (χ2n) is 5.40. The molecule has 0 spiro atoms. The molecule has 2 unspecified atom stereocenters. The van der Waals surface area contributed by atoms with E-state index < -0.39 is 23.6 Å². The molecule has 18 heavy (non-hydrogen) atoms. The monoisotopic (exact) mass is 257 g/mol. The summed E-state index contributed by atoms with van der Waals surface area (Å²) in [6.07, 6.45) is -1.07. The first kappa shape index (κ1) is 14.6. The molecule has 6 nitrogen and oxygen atoms in total. The molecule has 0 amide bonds. The van der Waals surface area contributed by atoms with Crippen LogP contribution in [-0.4, -0.2) is 36.6 Å². The van der Waals surface area contributed by atoms with Crippen LogP contribution in [-0.2, 0) is 19.1 Å². The van der Waals surface area contributed by atoms with E-state index in [1.54, 1.807) is 27.7 Å². The van der Waals surface area contributed by atoms with Crippen molar-refractivity contribution in [2.75, 3.05) is 13.1 Å². The Balaban J connectivity index is 2.55. The predicted molar refractivity (Wildman–Crippen MR) is 62.9 cm³/mol. The van der Waals surface area contributed by atoms with E-state index >= 15 is 0 Å². The molecular weight excluding hydrogens is 238 g/mol. The first-order valence-electron chi connectivity index (χ1n) is 5.90. The fourth-order valence-electron chi connectivity index (χ4n) is 1.61. The number of nitrogens with one attached hydrogen (secondary N) is 1. The number of carbonyl (C=O) groups is 3. The minimum Gasteiger partial charge on any atom is -0.428 e. The van der Waals surface area contributed by atoms with E-state index in [9.17, 15) is 14.4 Å². The maximum atomic E-state index is 11.7. The van der Waals surface area contributed by atoms with Crippen LogP contribution in [0.2, 0.25) is 0 Å². The number of hydrogen-bond donors (Lipinski definition) is 1. The Bertz CT molecular complexity index is 358. The molecule has 0 saturated carbocycles. The Labute approximate surface area is 106 Å². The summed E-state index contributed by atoms with van der Waals surface area (Å²) in [4.78, 5) is 34.7. The largest absolute Gasteiger partial charge is 0.516 e. The minimum absolute atomic E-state index is 0.199. The van der Waals surface area contributed by atoms with Crippen molar-refractivity contribution in [1.82, 2.24) is 5.32 Å². The summed E-state index contributed by atoms with van der Waals surface area (Å²) in [6.45, 7) is 7.44. The molecule has 0 aromatic rings. The van der Waals surface area contributed by atoms with Gasteiger partial charge in [0, 0.05) is 19.0 Å². The number of carbonyl (C=O) groups excluding carboxylic acids is 3. The summed E-state index contributed by atoms with van der Waals surface area (Å²) in [5, 5.41) is 2.94. The van der Waals surface area contributed by atoms with Crippen molar-refractivity contribution < 1.29 is 23.9 Å². The van der Waals surface area contributed by atoms with Gasteiger partial charge in [0.2, 0.25) is 0 Å². The molecule has 102 valence electrons. The van der Waals surface area contributed by atoms with Gasteiger partial charge >= 0.3 is 12.1 Å². The van der Waals surface area contributed by atoms with Gasteiger partial charge in [0.1, 0.15) is 11.5 Å². The number of ether oxygens (including phenoxy) is 2. The maximum Gasteiger partial charge on any atom is 0.516 e. The molecule has 1 rings (SSSR count). The van der Waals surface area contributed by atoms with Crippen LogP contribution in [0.15, 0.2) is 0 Å². The summed E-state index contributed by atoms with van der Waals surface area (Å²) in [5.74, 6) is -2.24. The van der Waals surface area contributed by atoms with Crippen molar-refractivity contribution >= 4 is 17.9 Å². The lowest BCUT2D eigenvalue weighted by molar-refractivity contribution is -0.151. The van der Waals surface area contributed by atoms with Crippen LogP contribution >= 0.6 is 0 Å². The molecule has 1 aliphatic heterocycles. The number of hydrogen-bond acceptors (Lipinski definition) is 6. The van der Waals surface area contributed by atoms with E-state index in [4.69, 9.17) is 4.74 Å². The Morgan fingerprint density at radius 1 is 1.28 bits per heavy atom. The summed E-state index contributed by atoms with van der Waals surface area (Å²) in [7, 11) is 0. The summed E-state index contributed by atoms with van der Waals surface area (Å²) in [5.41, 5.74) is -0.737. The molecule has 0 aromatic carbocycles. The first-order chi connectivity index (χ1) is 8.20. The number of esters is 1. The Kier molecular flexibility index (Phi) is 4.45. The zero-order chi connectivity index (χ0) is 13.9. The van der Waals surface area contributed by atoms with Gasteiger partial charge in [-0.15, -0.1) is 0 Å². The standard InChI is InChI=1S/C12H19NO5/c1-7-5-13-6-8(9(7)14)10(15)17-11(16)18-12(2,3)4/h7-8,13H,5-6H2,1-4H3. The Hall–Kier alpha value is -1.43. The maximum absolute atomic E-state index is 11.7. The molecular formula is C12H19NO5. The summed E-state index contributed by atoms with van der Waals surface area (Å²) in [6, 6.07) is 0. The topological polar surface area (TPSA) is 81.7 Å². The van der Waals surface area contributed by atoms with Crippen molar-refractivity contribution in [2.24, 2.45) is 11.8 Å². The highest BCUT2D eigenvalue weighted by molar-refractivity contribution is 6.03. The molecule has 1 fully saturated rings. The highest BCUT2D eigenvalue weighted by Gasteiger charge is 2.36. The molecule has 2 atom stereocenters. The third kappa shape index (κ3) is 4.10. The van der Waals surface area contributed by atoms with Gasteiger partial charge in [-0.3, -0.25) is 9.59 Å². The van der Waals surface area contributed by atoms with Crippen molar-refractivity contribution in [3.8, 4) is 0 Å². The van der Waals surface area contributed by atoms with Crippen molar-refractivity contribution in [3.63, 3.8) is 0 Å². The second kappa shape index (κ2) is 5.48. The van der Waals surface area contributed by atoms with E-state index in [1.807, 2.05) is 0 Å². The van der Waals surface area contributed by atoms with Crippen LogP contribution in [0.5, 0.6) is 0 Å². The Morgan fingerprint density at radius 3 is 2.44 bits per heavy atom. The van der Waals surface area contributed by atoms with Gasteiger partial charge < -0.3 is 14.8 Å². The lowest BCUT2D eigenvalue weighted by Crippen LogP contribution is -2.47. The van der Waals surface area contributed by atoms with Gasteiger partial charge in [-0.2, -0.15) is 0 Å². The normalized spacial score (nSPS) is 24.6. The fourth-order valence-corrected chi connectivity index (χ4v) is 1.61. The van der Waals surface area contributed by atoms with Gasteiger partial charge in [0.25, 0.3) is 0 Å². The molecule has 1 aliphatic rings. The zero-order valence-corrected chi connectivity index (χ0v) is 11.1. The SMILES string of the molecule is CC1CNCC(C(=O)OC(=O)OC(C)(C)C)C1=O. The van der Waals surface area contributed by atoms with Gasteiger partial charge in [-0.1, -0.05) is 6.92 Å².